The molecule has 4 heteroatoms. The zero-order valence-electron chi connectivity index (χ0n) is 10.2. The summed E-state index contributed by atoms with van der Waals surface area (Å²) in [6, 6.07) is -0.0585. The maximum absolute atomic E-state index is 12.0. The first-order valence-electron chi connectivity index (χ1n) is 5.36. The third-order valence-corrected chi connectivity index (χ3v) is 3.41. The molecule has 0 aromatic rings. The highest BCUT2D eigenvalue weighted by atomic mass is 32.2. The third-order valence-electron chi connectivity index (χ3n) is 2.01. The van der Waals surface area contributed by atoms with Crippen molar-refractivity contribution in [2.75, 3.05) is 0 Å². The highest BCUT2D eigenvalue weighted by Gasteiger charge is 2.25. The maximum atomic E-state index is 12.0. The Morgan fingerprint density at radius 1 is 1.33 bits per heavy atom. The van der Waals surface area contributed by atoms with Crippen LogP contribution in [0.5, 0.6) is 0 Å². The van der Waals surface area contributed by atoms with Crippen molar-refractivity contribution in [3.05, 3.63) is 0 Å². The molecular weight excluding hydrogens is 210 g/mol. The molecule has 0 saturated heterocycles. The van der Waals surface area contributed by atoms with Crippen LogP contribution in [0.3, 0.4) is 0 Å². The van der Waals surface area contributed by atoms with Gasteiger partial charge >= 0.3 is 0 Å². The summed E-state index contributed by atoms with van der Waals surface area (Å²) in [7, 11) is 0. The Kier molecular flexibility index (Phi) is 6.65. The van der Waals surface area contributed by atoms with Crippen molar-refractivity contribution in [2.24, 2.45) is 0 Å². The van der Waals surface area contributed by atoms with E-state index in [9.17, 15) is 9.59 Å². The minimum absolute atomic E-state index is 0.0585. The van der Waals surface area contributed by atoms with Gasteiger partial charge in [0, 0.05) is 6.04 Å². The molecule has 0 saturated carbocycles. The van der Waals surface area contributed by atoms with E-state index in [1.165, 1.54) is 4.90 Å². The second-order valence-electron chi connectivity index (χ2n) is 4.03. The normalized spacial score (nSPS) is 13.0. The lowest BCUT2D eigenvalue weighted by atomic mass is 10.2. The van der Waals surface area contributed by atoms with E-state index in [2.05, 4.69) is 13.8 Å². The predicted octanol–water partition coefficient (Wildman–Crippen LogP) is 2.30. The van der Waals surface area contributed by atoms with E-state index in [4.69, 9.17) is 0 Å². The molecule has 0 fully saturated rings. The van der Waals surface area contributed by atoms with Gasteiger partial charge in [0.1, 0.15) is 0 Å². The van der Waals surface area contributed by atoms with Gasteiger partial charge in [0.05, 0.1) is 5.25 Å². The van der Waals surface area contributed by atoms with Crippen LogP contribution in [0.15, 0.2) is 0 Å². The average Bonchev–Trinajstić information content (AvgIpc) is 2.14. The molecule has 1 atom stereocenters. The van der Waals surface area contributed by atoms with Crippen molar-refractivity contribution in [1.29, 1.82) is 0 Å². The molecule has 0 N–H and O–H groups in total. The van der Waals surface area contributed by atoms with Crippen molar-refractivity contribution < 1.29 is 9.59 Å². The molecule has 0 rings (SSSR count). The van der Waals surface area contributed by atoms with Crippen molar-refractivity contribution in [1.82, 2.24) is 4.90 Å². The fourth-order valence-electron chi connectivity index (χ4n) is 1.25. The Hall–Kier alpha value is -0.510. The number of thioether (sulfide) groups is 1. The summed E-state index contributed by atoms with van der Waals surface area (Å²) < 4.78 is 0. The first kappa shape index (κ1) is 14.5. The Morgan fingerprint density at radius 3 is 2.13 bits per heavy atom. The number of imide groups is 1. The highest BCUT2D eigenvalue weighted by molar-refractivity contribution is 8.01. The van der Waals surface area contributed by atoms with Crippen molar-refractivity contribution in [3.8, 4) is 0 Å². The largest absolute Gasteiger partial charge is 0.282 e. The van der Waals surface area contributed by atoms with Gasteiger partial charge < -0.3 is 0 Å². The fraction of sp³-hybridized carbons (Fsp3) is 0.818. The van der Waals surface area contributed by atoms with E-state index in [1.807, 2.05) is 20.8 Å². The summed E-state index contributed by atoms with van der Waals surface area (Å²) in [6.07, 6.45) is 1.40. The number of carbonyl (C=O) groups excluding carboxylic acids is 2. The Morgan fingerprint density at radius 2 is 1.87 bits per heavy atom. The summed E-state index contributed by atoms with van der Waals surface area (Å²) in [5.41, 5.74) is 0. The van der Waals surface area contributed by atoms with Crippen LogP contribution in [0.4, 0.5) is 0 Å². The van der Waals surface area contributed by atoms with E-state index in [0.717, 1.165) is 6.42 Å². The first-order valence-corrected chi connectivity index (χ1v) is 6.31. The number of carbonyl (C=O) groups is 2. The number of hydrogen-bond acceptors (Lipinski definition) is 3. The lowest BCUT2D eigenvalue weighted by Crippen LogP contribution is -2.41. The zero-order valence-corrected chi connectivity index (χ0v) is 11.0. The second-order valence-corrected chi connectivity index (χ2v) is 5.81. The van der Waals surface area contributed by atoms with Gasteiger partial charge in [0.15, 0.2) is 0 Å². The zero-order chi connectivity index (χ0) is 12.0. The van der Waals surface area contributed by atoms with Gasteiger partial charge in [-0.3, -0.25) is 14.5 Å². The SMILES string of the molecule is CCC(SC(C)C)C(=O)N(C=O)C(C)C. The van der Waals surface area contributed by atoms with Gasteiger partial charge in [-0.15, -0.1) is 11.8 Å². The molecule has 0 heterocycles. The van der Waals surface area contributed by atoms with Crippen LogP contribution in [0, 0.1) is 0 Å². The first-order chi connectivity index (χ1) is 6.93. The minimum Gasteiger partial charge on any atom is -0.282 e. The average molecular weight is 231 g/mol. The second kappa shape index (κ2) is 6.88. The Bertz CT molecular complexity index is 217. The molecule has 0 bridgehead atoms. The third kappa shape index (κ3) is 4.69. The predicted molar refractivity (Wildman–Crippen MR) is 64.9 cm³/mol. The molecule has 0 aromatic heterocycles. The molecule has 0 aliphatic rings. The fourth-order valence-corrected chi connectivity index (χ4v) is 2.34. The van der Waals surface area contributed by atoms with Crippen molar-refractivity contribution >= 4 is 24.1 Å². The van der Waals surface area contributed by atoms with Crippen molar-refractivity contribution in [3.63, 3.8) is 0 Å². The minimum atomic E-state index is -0.0994. The smallest absolute Gasteiger partial charge is 0.242 e. The van der Waals surface area contributed by atoms with Crippen LogP contribution >= 0.6 is 11.8 Å². The van der Waals surface area contributed by atoms with Crippen LogP contribution in [0.1, 0.15) is 41.0 Å². The Labute approximate surface area is 96.6 Å². The quantitative estimate of drug-likeness (QED) is 0.658. The molecule has 0 spiro atoms. The summed E-state index contributed by atoms with van der Waals surface area (Å²) in [5.74, 6) is -0.0683. The number of amides is 2. The molecule has 15 heavy (non-hydrogen) atoms. The monoisotopic (exact) mass is 231 g/mol. The number of nitrogens with zero attached hydrogens (tertiary/aromatic N) is 1. The summed E-state index contributed by atoms with van der Waals surface area (Å²) >= 11 is 1.62. The summed E-state index contributed by atoms with van der Waals surface area (Å²) in [6.45, 7) is 9.78. The van der Waals surface area contributed by atoms with Gasteiger partial charge in [0.25, 0.3) is 0 Å². The molecule has 3 nitrogen and oxygen atoms in total. The molecule has 0 radical (unpaired) electrons. The van der Waals surface area contributed by atoms with E-state index in [0.29, 0.717) is 11.7 Å². The van der Waals surface area contributed by atoms with Crippen molar-refractivity contribution in [2.45, 2.75) is 57.6 Å². The molecular formula is C11H21NO2S. The van der Waals surface area contributed by atoms with Crippen LogP contribution in [-0.4, -0.2) is 33.8 Å². The highest BCUT2D eigenvalue weighted by Crippen LogP contribution is 2.22. The van der Waals surface area contributed by atoms with E-state index < -0.39 is 0 Å². The molecule has 88 valence electrons. The lowest BCUT2D eigenvalue weighted by Gasteiger charge is -2.25. The van der Waals surface area contributed by atoms with E-state index >= 15 is 0 Å². The number of hydrogen-bond donors (Lipinski definition) is 0. The van der Waals surface area contributed by atoms with E-state index in [1.54, 1.807) is 11.8 Å². The maximum Gasteiger partial charge on any atom is 0.242 e. The van der Waals surface area contributed by atoms with Crippen LogP contribution < -0.4 is 0 Å². The van der Waals surface area contributed by atoms with E-state index in [-0.39, 0.29) is 17.2 Å². The van der Waals surface area contributed by atoms with Crippen LogP contribution in [0.25, 0.3) is 0 Å². The molecule has 0 aliphatic carbocycles. The van der Waals surface area contributed by atoms with Gasteiger partial charge in [-0.05, 0) is 25.5 Å². The van der Waals surface area contributed by atoms with Gasteiger partial charge in [-0.1, -0.05) is 20.8 Å². The van der Waals surface area contributed by atoms with Gasteiger partial charge in [-0.25, -0.2) is 0 Å². The molecule has 2 amide bonds. The molecule has 0 aromatic carbocycles. The molecule has 1 unspecified atom stereocenters. The molecule has 0 aliphatic heterocycles. The summed E-state index contributed by atoms with van der Waals surface area (Å²) in [4.78, 5) is 24.0. The van der Waals surface area contributed by atoms with Crippen LogP contribution in [-0.2, 0) is 9.59 Å². The standard InChI is InChI=1S/C11H21NO2S/c1-6-10(15-9(4)5)11(14)12(7-13)8(2)3/h7-10H,6H2,1-5H3. The topological polar surface area (TPSA) is 37.4 Å². The number of rotatable bonds is 6. The lowest BCUT2D eigenvalue weighted by molar-refractivity contribution is -0.139. The Balaban J connectivity index is 4.54. The van der Waals surface area contributed by atoms with Crippen LogP contribution in [0.2, 0.25) is 0 Å². The van der Waals surface area contributed by atoms with Gasteiger partial charge in [-0.2, -0.15) is 0 Å². The summed E-state index contributed by atoms with van der Waals surface area (Å²) in [5, 5.41) is 0.303. The van der Waals surface area contributed by atoms with Gasteiger partial charge in [0.2, 0.25) is 12.3 Å².